The molecule has 0 radical (unpaired) electrons. The molecule has 2 heterocycles. The number of hydrogen-bond acceptors (Lipinski definition) is 5. The van der Waals surface area contributed by atoms with Crippen LogP contribution in [0.5, 0.6) is 0 Å². The van der Waals surface area contributed by atoms with Gasteiger partial charge < -0.3 is 10.1 Å². The first-order chi connectivity index (χ1) is 11.3. The van der Waals surface area contributed by atoms with Gasteiger partial charge in [0.15, 0.2) is 0 Å². The number of esters is 1. The highest BCUT2D eigenvalue weighted by atomic mass is 16.5. The molecular weight excluding hydrogens is 290 g/mol. The minimum absolute atomic E-state index is 0.152. The first-order valence-corrected chi connectivity index (χ1v) is 7.35. The Morgan fingerprint density at radius 2 is 1.96 bits per heavy atom. The lowest BCUT2D eigenvalue weighted by atomic mass is 10.1. The smallest absolute Gasteiger partial charge is 0.311 e. The number of anilines is 1. The van der Waals surface area contributed by atoms with Crippen molar-refractivity contribution < 1.29 is 9.53 Å². The molecule has 2 aromatic heterocycles. The summed E-state index contributed by atoms with van der Waals surface area (Å²) in [5.74, 6) is -0.302. The van der Waals surface area contributed by atoms with E-state index in [-0.39, 0.29) is 12.4 Å². The largest absolute Gasteiger partial charge is 0.469 e. The molecule has 0 unspecified atom stereocenters. The first-order valence-electron chi connectivity index (χ1n) is 7.35. The van der Waals surface area contributed by atoms with E-state index in [1.807, 2.05) is 48.5 Å². The molecule has 0 spiro atoms. The second-order valence-electron chi connectivity index (χ2n) is 5.11. The number of nitrogens with zero attached hydrogens (tertiary/aromatic N) is 2. The number of carbonyl (C=O) groups is 1. The van der Waals surface area contributed by atoms with Gasteiger partial charge in [0, 0.05) is 17.3 Å². The highest BCUT2D eigenvalue weighted by Gasteiger charge is 2.09. The molecule has 0 saturated heterocycles. The number of para-hydroxylation sites is 1. The van der Waals surface area contributed by atoms with E-state index in [1.54, 1.807) is 6.20 Å². The summed E-state index contributed by atoms with van der Waals surface area (Å²) in [5, 5.41) is 4.39. The summed E-state index contributed by atoms with van der Waals surface area (Å²) in [6.07, 6.45) is 1.92. The second-order valence-corrected chi connectivity index (χ2v) is 5.11. The van der Waals surface area contributed by atoms with Gasteiger partial charge >= 0.3 is 5.97 Å². The van der Waals surface area contributed by atoms with Crippen LogP contribution in [0.3, 0.4) is 0 Å². The van der Waals surface area contributed by atoms with Crippen molar-refractivity contribution >= 4 is 22.6 Å². The zero-order valence-electron chi connectivity index (χ0n) is 12.8. The molecule has 0 bridgehead atoms. The molecule has 0 atom stereocenters. The third kappa shape index (κ3) is 3.63. The van der Waals surface area contributed by atoms with Crippen molar-refractivity contribution in [2.24, 2.45) is 0 Å². The standard InChI is InChI=1S/C18H17N3O2/c1-23-18(22)11-14-10-17(15-7-2-3-8-16(15)21-14)20-12-13-6-4-5-9-19-13/h2-10H,11-12H2,1H3,(H,20,21). The molecule has 116 valence electrons. The molecule has 0 aliphatic carbocycles. The van der Waals surface area contributed by atoms with E-state index in [4.69, 9.17) is 4.74 Å². The van der Waals surface area contributed by atoms with Crippen LogP contribution >= 0.6 is 0 Å². The molecule has 1 aromatic carbocycles. The summed E-state index contributed by atoms with van der Waals surface area (Å²) in [6, 6.07) is 15.5. The molecule has 0 aliphatic heterocycles. The lowest BCUT2D eigenvalue weighted by Gasteiger charge is -2.11. The quantitative estimate of drug-likeness (QED) is 0.734. The van der Waals surface area contributed by atoms with Crippen molar-refractivity contribution in [2.75, 3.05) is 12.4 Å². The zero-order valence-corrected chi connectivity index (χ0v) is 12.8. The van der Waals surface area contributed by atoms with E-state index >= 15 is 0 Å². The van der Waals surface area contributed by atoms with E-state index in [1.165, 1.54) is 7.11 Å². The van der Waals surface area contributed by atoms with Crippen molar-refractivity contribution in [1.82, 2.24) is 9.97 Å². The Morgan fingerprint density at radius 3 is 2.74 bits per heavy atom. The fourth-order valence-electron chi connectivity index (χ4n) is 2.38. The van der Waals surface area contributed by atoms with E-state index in [0.29, 0.717) is 12.2 Å². The van der Waals surface area contributed by atoms with Crippen molar-refractivity contribution in [3.63, 3.8) is 0 Å². The van der Waals surface area contributed by atoms with Gasteiger partial charge in [-0.2, -0.15) is 0 Å². The number of benzene rings is 1. The average Bonchev–Trinajstić information content (AvgIpc) is 2.60. The normalized spacial score (nSPS) is 10.5. The highest BCUT2D eigenvalue weighted by molar-refractivity contribution is 5.91. The molecule has 0 aliphatic rings. The molecule has 23 heavy (non-hydrogen) atoms. The Labute approximate surface area is 134 Å². The molecule has 1 N–H and O–H groups in total. The van der Waals surface area contributed by atoms with Gasteiger partial charge in [-0.1, -0.05) is 24.3 Å². The van der Waals surface area contributed by atoms with Gasteiger partial charge in [-0.3, -0.25) is 14.8 Å². The Bertz CT molecular complexity index is 819. The maximum atomic E-state index is 11.5. The number of methoxy groups -OCH3 is 1. The van der Waals surface area contributed by atoms with Crippen molar-refractivity contribution in [2.45, 2.75) is 13.0 Å². The van der Waals surface area contributed by atoms with Crippen LogP contribution in [0.2, 0.25) is 0 Å². The monoisotopic (exact) mass is 307 g/mol. The summed E-state index contributed by atoms with van der Waals surface area (Å²) in [5.41, 5.74) is 3.40. The van der Waals surface area contributed by atoms with Crippen molar-refractivity contribution in [3.8, 4) is 0 Å². The minimum atomic E-state index is -0.302. The number of nitrogens with one attached hydrogen (secondary N) is 1. The number of aromatic nitrogens is 2. The van der Waals surface area contributed by atoms with Crippen molar-refractivity contribution in [1.29, 1.82) is 0 Å². The summed E-state index contributed by atoms with van der Waals surface area (Å²) in [7, 11) is 1.38. The topological polar surface area (TPSA) is 64.1 Å². The van der Waals surface area contributed by atoms with Crippen LogP contribution in [0.25, 0.3) is 10.9 Å². The number of ether oxygens (including phenoxy) is 1. The lowest BCUT2D eigenvalue weighted by Crippen LogP contribution is -2.08. The third-order valence-electron chi connectivity index (χ3n) is 3.51. The Kier molecular flexibility index (Phi) is 4.47. The van der Waals surface area contributed by atoms with Crippen LogP contribution in [-0.4, -0.2) is 23.0 Å². The van der Waals surface area contributed by atoms with E-state index < -0.39 is 0 Å². The van der Waals surface area contributed by atoms with Crippen LogP contribution in [0.1, 0.15) is 11.4 Å². The number of fused-ring (bicyclic) bond motifs is 1. The second kappa shape index (κ2) is 6.87. The van der Waals surface area contributed by atoms with E-state index in [2.05, 4.69) is 15.3 Å². The van der Waals surface area contributed by atoms with Gasteiger partial charge in [-0.15, -0.1) is 0 Å². The molecule has 0 fully saturated rings. The number of hydrogen-bond donors (Lipinski definition) is 1. The molecule has 0 amide bonds. The highest BCUT2D eigenvalue weighted by Crippen LogP contribution is 2.24. The number of rotatable bonds is 5. The molecule has 3 rings (SSSR count). The van der Waals surface area contributed by atoms with Gasteiger partial charge in [0.2, 0.25) is 0 Å². The SMILES string of the molecule is COC(=O)Cc1cc(NCc2ccccn2)c2ccccc2n1. The Balaban J connectivity index is 1.91. The van der Waals surface area contributed by atoms with E-state index in [0.717, 1.165) is 22.3 Å². The van der Waals surface area contributed by atoms with Crippen molar-refractivity contribution in [3.05, 3.63) is 66.1 Å². The lowest BCUT2D eigenvalue weighted by molar-refractivity contribution is -0.139. The molecule has 5 heteroatoms. The average molecular weight is 307 g/mol. The molecular formula is C18H17N3O2. The van der Waals surface area contributed by atoms with Crippen LogP contribution in [0, 0.1) is 0 Å². The number of pyridine rings is 2. The van der Waals surface area contributed by atoms with Crippen LogP contribution in [0.15, 0.2) is 54.7 Å². The van der Waals surface area contributed by atoms with E-state index in [9.17, 15) is 4.79 Å². The summed E-state index contributed by atoms with van der Waals surface area (Å²) in [4.78, 5) is 20.3. The Morgan fingerprint density at radius 1 is 1.13 bits per heavy atom. The van der Waals surface area contributed by atoms with Crippen LogP contribution in [-0.2, 0) is 22.5 Å². The predicted octanol–water partition coefficient (Wildman–Crippen LogP) is 2.96. The fourth-order valence-corrected chi connectivity index (χ4v) is 2.38. The van der Waals surface area contributed by atoms with Gasteiger partial charge in [0.1, 0.15) is 0 Å². The maximum Gasteiger partial charge on any atom is 0.311 e. The van der Waals surface area contributed by atoms with Crippen LogP contribution in [0.4, 0.5) is 5.69 Å². The predicted molar refractivity (Wildman–Crippen MR) is 89.0 cm³/mol. The third-order valence-corrected chi connectivity index (χ3v) is 3.51. The maximum absolute atomic E-state index is 11.5. The zero-order chi connectivity index (χ0) is 16.1. The summed E-state index contributed by atoms with van der Waals surface area (Å²) < 4.78 is 4.73. The summed E-state index contributed by atoms with van der Waals surface area (Å²) in [6.45, 7) is 0.604. The Hall–Kier alpha value is -2.95. The van der Waals surface area contributed by atoms with Gasteiger partial charge in [-0.05, 0) is 24.3 Å². The fraction of sp³-hybridized carbons (Fsp3) is 0.167. The number of carbonyl (C=O) groups excluding carboxylic acids is 1. The van der Waals surface area contributed by atoms with Gasteiger partial charge in [0.25, 0.3) is 0 Å². The molecule has 0 saturated carbocycles. The first kappa shape index (κ1) is 15.0. The van der Waals surface area contributed by atoms with Crippen LogP contribution < -0.4 is 5.32 Å². The molecule has 5 nitrogen and oxygen atoms in total. The summed E-state index contributed by atoms with van der Waals surface area (Å²) >= 11 is 0. The molecule has 3 aromatic rings. The van der Waals surface area contributed by atoms with Gasteiger partial charge in [-0.25, -0.2) is 0 Å². The minimum Gasteiger partial charge on any atom is -0.469 e. The van der Waals surface area contributed by atoms with Gasteiger partial charge in [0.05, 0.1) is 37.0 Å².